The molecule has 8 nitrogen and oxygen atoms in total. The Balaban J connectivity index is 1.40. The molecule has 1 amide bonds. The van der Waals surface area contributed by atoms with Gasteiger partial charge in [0, 0.05) is 42.3 Å². The molecule has 10 heteroatoms. The molecule has 1 aromatic heterocycles. The van der Waals surface area contributed by atoms with Crippen LogP contribution < -0.4 is 11.1 Å². The van der Waals surface area contributed by atoms with Gasteiger partial charge in [0.05, 0.1) is 10.4 Å². The predicted octanol–water partition coefficient (Wildman–Crippen LogP) is 4.26. The zero-order valence-corrected chi connectivity index (χ0v) is 20.0. The fourth-order valence-corrected chi connectivity index (χ4v) is 5.79. The molecule has 176 valence electrons. The number of rotatable bonds is 6. The Bertz CT molecular complexity index is 1320. The number of nitrogens with zero attached hydrogens (tertiary/aromatic N) is 2. The van der Waals surface area contributed by atoms with E-state index in [2.05, 4.69) is 5.32 Å². The van der Waals surface area contributed by atoms with Gasteiger partial charge in [-0.1, -0.05) is 11.6 Å². The quantitative estimate of drug-likeness (QED) is 0.555. The molecule has 4 rings (SSSR count). The highest BCUT2D eigenvalue weighted by Gasteiger charge is 2.31. The molecule has 2 heterocycles. The van der Waals surface area contributed by atoms with E-state index in [1.807, 2.05) is 13.8 Å². The summed E-state index contributed by atoms with van der Waals surface area (Å²) in [7, 11) is -3.73. The van der Waals surface area contributed by atoms with Crippen LogP contribution in [0.1, 0.15) is 39.2 Å². The second-order valence-electron chi connectivity index (χ2n) is 8.57. The number of piperidine rings is 1. The third kappa shape index (κ3) is 5.00. The number of nitrogens with one attached hydrogen (secondary N) is 1. The molecular weight excluding hydrogens is 466 g/mol. The van der Waals surface area contributed by atoms with Crippen molar-refractivity contribution >= 4 is 44.3 Å². The normalized spacial score (nSPS) is 15.9. The van der Waals surface area contributed by atoms with Crippen LogP contribution in [0, 0.1) is 5.92 Å². The first kappa shape index (κ1) is 23.5. The lowest BCUT2D eigenvalue weighted by Gasteiger charge is -2.31. The maximum Gasteiger partial charge on any atom is 0.420 e. The number of fused-ring (bicyclic) bond motifs is 1. The largest absolute Gasteiger partial charge is 0.420 e. The van der Waals surface area contributed by atoms with Crippen molar-refractivity contribution in [3.63, 3.8) is 0 Å². The van der Waals surface area contributed by atoms with Crippen LogP contribution in [0.3, 0.4) is 0 Å². The summed E-state index contributed by atoms with van der Waals surface area (Å²) < 4.78 is 34.5. The number of hydrogen-bond acceptors (Lipinski definition) is 5. The van der Waals surface area contributed by atoms with E-state index in [9.17, 15) is 18.0 Å². The topological polar surface area (TPSA) is 102 Å². The Morgan fingerprint density at radius 2 is 1.82 bits per heavy atom. The van der Waals surface area contributed by atoms with E-state index in [0.717, 1.165) is 0 Å². The summed E-state index contributed by atoms with van der Waals surface area (Å²) in [5.41, 5.74) is 1.50. The molecule has 2 aromatic carbocycles. The third-order valence-corrected chi connectivity index (χ3v) is 8.06. The highest BCUT2D eigenvalue weighted by Crippen LogP contribution is 2.28. The summed E-state index contributed by atoms with van der Waals surface area (Å²) >= 11 is 5.86. The molecule has 3 aromatic rings. The SMILES string of the molecule is CC(C)n1c(=O)oc2cc(S(=O)(=O)N3CCC(CC(=O)Nc4ccc(Cl)cc4)CC3)ccc21. The van der Waals surface area contributed by atoms with E-state index in [0.29, 0.717) is 48.6 Å². The van der Waals surface area contributed by atoms with E-state index in [1.165, 1.54) is 21.0 Å². The fraction of sp³-hybridized carbons (Fsp3) is 0.391. The highest BCUT2D eigenvalue weighted by atomic mass is 35.5. The Labute approximate surface area is 197 Å². The summed E-state index contributed by atoms with van der Waals surface area (Å²) in [5, 5.41) is 3.45. The first-order valence-corrected chi connectivity index (χ1v) is 12.7. The van der Waals surface area contributed by atoms with E-state index in [1.54, 1.807) is 30.3 Å². The lowest BCUT2D eigenvalue weighted by Crippen LogP contribution is -2.39. The number of halogens is 1. The van der Waals surface area contributed by atoms with Crippen molar-refractivity contribution in [3.8, 4) is 0 Å². The van der Waals surface area contributed by atoms with Gasteiger partial charge >= 0.3 is 5.76 Å². The number of anilines is 1. The Morgan fingerprint density at radius 3 is 2.45 bits per heavy atom. The van der Waals surface area contributed by atoms with E-state index in [-0.39, 0.29) is 28.3 Å². The average Bonchev–Trinajstić information content (AvgIpc) is 3.10. The lowest BCUT2D eigenvalue weighted by molar-refractivity contribution is -0.117. The highest BCUT2D eigenvalue weighted by molar-refractivity contribution is 7.89. The van der Waals surface area contributed by atoms with E-state index >= 15 is 0 Å². The average molecular weight is 492 g/mol. The maximum atomic E-state index is 13.2. The first-order valence-electron chi connectivity index (χ1n) is 10.9. The van der Waals surface area contributed by atoms with Crippen LogP contribution in [0.4, 0.5) is 5.69 Å². The van der Waals surface area contributed by atoms with Crippen LogP contribution >= 0.6 is 11.6 Å². The minimum atomic E-state index is -3.73. The van der Waals surface area contributed by atoms with Gasteiger partial charge in [0.2, 0.25) is 15.9 Å². The molecule has 0 spiro atoms. The van der Waals surface area contributed by atoms with Gasteiger partial charge in [-0.25, -0.2) is 13.2 Å². The van der Waals surface area contributed by atoms with Crippen LogP contribution in [0.25, 0.3) is 11.1 Å². The number of amides is 1. The Kier molecular flexibility index (Phi) is 6.65. The van der Waals surface area contributed by atoms with Crippen molar-refractivity contribution in [2.24, 2.45) is 5.92 Å². The summed E-state index contributed by atoms with van der Waals surface area (Å²) in [6, 6.07) is 11.3. The smallest absolute Gasteiger partial charge is 0.408 e. The monoisotopic (exact) mass is 491 g/mol. The van der Waals surface area contributed by atoms with Crippen LogP contribution in [0.15, 0.2) is 56.6 Å². The van der Waals surface area contributed by atoms with Gasteiger partial charge in [-0.05, 0) is 69.0 Å². The van der Waals surface area contributed by atoms with Crippen LogP contribution in [0.5, 0.6) is 0 Å². The molecule has 33 heavy (non-hydrogen) atoms. The van der Waals surface area contributed by atoms with Crippen LogP contribution in [-0.2, 0) is 14.8 Å². The van der Waals surface area contributed by atoms with Gasteiger partial charge in [0.15, 0.2) is 5.58 Å². The number of carbonyl (C=O) groups is 1. The lowest BCUT2D eigenvalue weighted by atomic mass is 9.94. The van der Waals surface area contributed by atoms with Crippen molar-refractivity contribution in [2.75, 3.05) is 18.4 Å². The molecule has 0 bridgehead atoms. The minimum absolute atomic E-state index is 0.0959. The van der Waals surface area contributed by atoms with Gasteiger partial charge in [-0.2, -0.15) is 4.31 Å². The zero-order chi connectivity index (χ0) is 23.8. The number of benzene rings is 2. The number of carbonyl (C=O) groups excluding carboxylic acids is 1. The van der Waals surface area contributed by atoms with Crippen molar-refractivity contribution in [3.05, 3.63) is 58.0 Å². The molecule has 1 N–H and O–H groups in total. The second-order valence-corrected chi connectivity index (χ2v) is 10.9. The summed E-state index contributed by atoms with van der Waals surface area (Å²) in [6.07, 6.45) is 1.51. The van der Waals surface area contributed by atoms with Crippen molar-refractivity contribution in [1.82, 2.24) is 8.87 Å². The predicted molar refractivity (Wildman–Crippen MR) is 127 cm³/mol. The van der Waals surface area contributed by atoms with Crippen LogP contribution in [0.2, 0.25) is 5.02 Å². The second kappa shape index (κ2) is 9.32. The molecule has 1 aliphatic rings. The molecular formula is C23H26ClN3O5S. The Hall–Kier alpha value is -2.62. The number of oxazole rings is 1. The molecule has 0 aliphatic carbocycles. The van der Waals surface area contributed by atoms with Gasteiger partial charge in [-0.15, -0.1) is 0 Å². The van der Waals surface area contributed by atoms with Gasteiger partial charge in [0.1, 0.15) is 0 Å². The third-order valence-electron chi connectivity index (χ3n) is 5.91. The maximum absolute atomic E-state index is 13.2. The summed E-state index contributed by atoms with van der Waals surface area (Å²) in [4.78, 5) is 24.5. The minimum Gasteiger partial charge on any atom is -0.408 e. The molecule has 0 unspecified atom stereocenters. The molecule has 1 aliphatic heterocycles. The van der Waals surface area contributed by atoms with Gasteiger partial charge in [-0.3, -0.25) is 9.36 Å². The van der Waals surface area contributed by atoms with Crippen LogP contribution in [-0.4, -0.2) is 36.3 Å². The summed E-state index contributed by atoms with van der Waals surface area (Å²) in [5.74, 6) is -0.509. The molecule has 0 radical (unpaired) electrons. The first-order chi connectivity index (χ1) is 15.6. The fourth-order valence-electron chi connectivity index (χ4n) is 4.18. The number of aromatic nitrogens is 1. The van der Waals surface area contributed by atoms with Gasteiger partial charge in [0.25, 0.3) is 0 Å². The number of hydrogen-bond donors (Lipinski definition) is 1. The summed E-state index contributed by atoms with van der Waals surface area (Å²) in [6.45, 7) is 4.38. The van der Waals surface area contributed by atoms with E-state index < -0.39 is 15.8 Å². The molecule has 0 saturated carbocycles. The number of sulfonamides is 1. The van der Waals surface area contributed by atoms with Gasteiger partial charge < -0.3 is 9.73 Å². The molecule has 1 saturated heterocycles. The zero-order valence-electron chi connectivity index (χ0n) is 18.5. The van der Waals surface area contributed by atoms with Crippen molar-refractivity contribution in [1.29, 1.82) is 0 Å². The van der Waals surface area contributed by atoms with Crippen molar-refractivity contribution in [2.45, 2.75) is 44.0 Å². The van der Waals surface area contributed by atoms with Crippen molar-refractivity contribution < 1.29 is 17.6 Å². The molecule has 1 fully saturated rings. The Morgan fingerprint density at radius 1 is 1.15 bits per heavy atom. The standard InChI is InChI=1S/C23H26ClN3O5S/c1-15(2)27-20-8-7-19(14-21(20)32-23(27)29)33(30,31)26-11-9-16(10-12-26)13-22(28)25-18-5-3-17(24)4-6-18/h3-8,14-16H,9-13H2,1-2H3,(H,25,28). The van der Waals surface area contributed by atoms with E-state index in [4.69, 9.17) is 16.0 Å². The molecule has 0 atom stereocenters.